The number of esters is 1. The van der Waals surface area contributed by atoms with Crippen molar-refractivity contribution in [2.24, 2.45) is 11.8 Å². The van der Waals surface area contributed by atoms with Crippen LogP contribution in [0.5, 0.6) is 5.75 Å². The second kappa shape index (κ2) is 10.6. The minimum absolute atomic E-state index is 0.120. The highest BCUT2D eigenvalue weighted by Gasteiger charge is 2.33. The first-order valence-corrected chi connectivity index (χ1v) is 12.0. The summed E-state index contributed by atoms with van der Waals surface area (Å²) in [6.45, 7) is 2.14. The number of hydrogen-bond donors (Lipinski definition) is 0. The molecule has 194 valence electrons. The Labute approximate surface area is 205 Å². The number of carbonyl (C=O) groups excluding carboxylic acids is 1. The molecule has 3 nitrogen and oxygen atoms in total. The van der Waals surface area contributed by atoms with Gasteiger partial charge in [-0.2, -0.15) is 0 Å². The number of fused-ring (bicyclic) bond motifs is 1. The Balaban J connectivity index is 1.51. The molecule has 2 aromatic carbocycles. The van der Waals surface area contributed by atoms with Crippen LogP contribution in [-0.4, -0.2) is 12.3 Å². The zero-order valence-electron chi connectivity index (χ0n) is 19.7. The molecule has 2 aliphatic carbocycles. The maximum Gasteiger partial charge on any atom is 0.573 e. The number of benzene rings is 2. The topological polar surface area (TPSA) is 35.5 Å². The lowest BCUT2D eigenvalue weighted by atomic mass is 9.80. The third kappa shape index (κ3) is 5.87. The summed E-state index contributed by atoms with van der Waals surface area (Å²) in [5, 5.41) is 0. The van der Waals surface area contributed by atoms with Crippen LogP contribution in [0.15, 0.2) is 30.0 Å². The van der Waals surface area contributed by atoms with E-state index in [1.165, 1.54) is 6.08 Å². The van der Waals surface area contributed by atoms with E-state index in [9.17, 15) is 26.7 Å². The number of allylic oxidation sites excluding steroid dienone is 1. The van der Waals surface area contributed by atoms with Gasteiger partial charge in [0.05, 0.1) is 11.5 Å². The fourth-order valence-corrected chi connectivity index (χ4v) is 5.07. The molecule has 2 aliphatic rings. The zero-order chi connectivity index (χ0) is 26.0. The lowest BCUT2D eigenvalue weighted by Gasteiger charge is -2.27. The first kappa shape index (κ1) is 26.1. The molecular formula is C27H26F6O3. The molecule has 9 heteroatoms. The van der Waals surface area contributed by atoms with Gasteiger partial charge in [0.2, 0.25) is 0 Å². The maximum absolute atomic E-state index is 15.3. The number of alkyl halides is 3. The molecular weight excluding hydrogens is 486 g/mol. The van der Waals surface area contributed by atoms with Crippen molar-refractivity contribution in [3.8, 4) is 16.9 Å². The number of carbonyl (C=O) groups is 1. The fourth-order valence-electron chi connectivity index (χ4n) is 5.07. The van der Waals surface area contributed by atoms with Gasteiger partial charge in [-0.1, -0.05) is 25.8 Å². The van der Waals surface area contributed by atoms with Crippen LogP contribution in [0.25, 0.3) is 17.2 Å². The van der Waals surface area contributed by atoms with Gasteiger partial charge in [0, 0.05) is 6.42 Å². The predicted molar refractivity (Wildman–Crippen MR) is 121 cm³/mol. The molecule has 0 atom stereocenters. The molecule has 0 bridgehead atoms. The Hall–Kier alpha value is -2.97. The second-order valence-electron chi connectivity index (χ2n) is 9.35. The predicted octanol–water partition coefficient (Wildman–Crippen LogP) is 8.11. The Bertz CT molecular complexity index is 1160. The summed E-state index contributed by atoms with van der Waals surface area (Å²) in [7, 11) is 0. The standard InChI is InChI=1S/C27H26F6O3/c1-2-3-15-4-6-16(7-5-15)26(34)35-19-9-10-20-18(12-19)14-22(29)24(25(20)30)17-8-11-23(21(28)13-17)36-27(31,32)33/h8,11-16H,2-7,9-10H2,1H3. The number of halogens is 6. The summed E-state index contributed by atoms with van der Waals surface area (Å²) in [5.41, 5.74) is -0.460. The molecule has 36 heavy (non-hydrogen) atoms. The van der Waals surface area contributed by atoms with Crippen LogP contribution in [0.1, 0.15) is 63.0 Å². The highest BCUT2D eigenvalue weighted by atomic mass is 19.4. The fraction of sp³-hybridized carbons (Fsp3) is 0.444. The van der Waals surface area contributed by atoms with Crippen LogP contribution in [0.3, 0.4) is 0 Å². The molecule has 0 aromatic heterocycles. The Kier molecular flexibility index (Phi) is 7.66. The van der Waals surface area contributed by atoms with Crippen LogP contribution in [0.2, 0.25) is 0 Å². The van der Waals surface area contributed by atoms with Crippen molar-refractivity contribution in [1.82, 2.24) is 0 Å². The van der Waals surface area contributed by atoms with Crippen molar-refractivity contribution in [2.45, 2.75) is 64.7 Å². The summed E-state index contributed by atoms with van der Waals surface area (Å²) in [6, 6.07) is 3.27. The SMILES string of the molecule is CCCC1CCC(C(=O)OC2=Cc3cc(F)c(-c4ccc(OC(F)(F)F)c(F)c4)c(F)c3CC2)CC1. The van der Waals surface area contributed by atoms with E-state index in [0.29, 0.717) is 23.8 Å². The van der Waals surface area contributed by atoms with Gasteiger partial charge in [-0.3, -0.25) is 4.79 Å². The lowest BCUT2D eigenvalue weighted by Crippen LogP contribution is -2.24. The minimum Gasteiger partial charge on any atom is -0.431 e. The van der Waals surface area contributed by atoms with Crippen molar-refractivity contribution in [3.05, 3.63) is 58.6 Å². The zero-order valence-corrected chi connectivity index (χ0v) is 19.7. The van der Waals surface area contributed by atoms with Gasteiger partial charge in [-0.15, -0.1) is 13.2 Å². The summed E-state index contributed by atoms with van der Waals surface area (Å²) >= 11 is 0. The number of ether oxygens (including phenoxy) is 2. The normalized spacial score (nSPS) is 19.9. The van der Waals surface area contributed by atoms with Crippen LogP contribution in [0.4, 0.5) is 26.3 Å². The smallest absolute Gasteiger partial charge is 0.431 e. The van der Waals surface area contributed by atoms with Gasteiger partial charge in [0.1, 0.15) is 17.4 Å². The molecule has 0 saturated heterocycles. The second-order valence-corrected chi connectivity index (χ2v) is 9.35. The van der Waals surface area contributed by atoms with Gasteiger partial charge in [-0.05, 0) is 79.0 Å². The van der Waals surface area contributed by atoms with Gasteiger partial charge in [0.15, 0.2) is 11.6 Å². The molecule has 1 fully saturated rings. The molecule has 0 aliphatic heterocycles. The third-order valence-corrected chi connectivity index (χ3v) is 6.85. The summed E-state index contributed by atoms with van der Waals surface area (Å²) in [6.07, 6.45) is 2.44. The number of hydrogen-bond acceptors (Lipinski definition) is 3. The van der Waals surface area contributed by atoms with E-state index in [1.54, 1.807) is 0 Å². The molecule has 0 unspecified atom stereocenters. The highest BCUT2D eigenvalue weighted by Crippen LogP contribution is 2.38. The minimum atomic E-state index is -5.10. The van der Waals surface area contributed by atoms with Crippen LogP contribution in [-0.2, 0) is 16.0 Å². The van der Waals surface area contributed by atoms with E-state index in [4.69, 9.17) is 4.74 Å². The van der Waals surface area contributed by atoms with Gasteiger partial charge >= 0.3 is 12.3 Å². The quantitative estimate of drug-likeness (QED) is 0.290. The molecule has 0 spiro atoms. The van der Waals surface area contributed by atoms with E-state index in [0.717, 1.165) is 50.7 Å². The average molecular weight is 512 g/mol. The van der Waals surface area contributed by atoms with E-state index >= 15 is 4.39 Å². The lowest BCUT2D eigenvalue weighted by molar-refractivity contribution is -0.275. The summed E-state index contributed by atoms with van der Waals surface area (Å²) in [5.74, 6) is -4.00. The first-order valence-electron chi connectivity index (χ1n) is 12.0. The van der Waals surface area contributed by atoms with Crippen LogP contribution in [0, 0.1) is 29.3 Å². The highest BCUT2D eigenvalue weighted by molar-refractivity contribution is 5.76. The maximum atomic E-state index is 15.3. The molecule has 1 saturated carbocycles. The van der Waals surface area contributed by atoms with Crippen LogP contribution < -0.4 is 4.74 Å². The van der Waals surface area contributed by atoms with Gasteiger partial charge in [0.25, 0.3) is 0 Å². The van der Waals surface area contributed by atoms with E-state index < -0.39 is 35.1 Å². The molecule has 0 N–H and O–H groups in total. The van der Waals surface area contributed by atoms with Crippen molar-refractivity contribution in [2.75, 3.05) is 0 Å². The van der Waals surface area contributed by atoms with E-state index in [1.807, 2.05) is 0 Å². The van der Waals surface area contributed by atoms with Crippen molar-refractivity contribution < 1.29 is 40.6 Å². The van der Waals surface area contributed by atoms with Crippen LogP contribution >= 0.6 is 0 Å². The molecule has 0 amide bonds. The van der Waals surface area contributed by atoms with Crippen molar-refractivity contribution in [3.63, 3.8) is 0 Å². The average Bonchev–Trinajstić information content (AvgIpc) is 2.80. The van der Waals surface area contributed by atoms with E-state index in [2.05, 4.69) is 11.7 Å². The molecule has 0 heterocycles. The summed E-state index contributed by atoms with van der Waals surface area (Å²) < 4.78 is 90.6. The van der Waals surface area contributed by atoms with Gasteiger partial charge < -0.3 is 9.47 Å². The Morgan fingerprint density at radius 2 is 1.72 bits per heavy atom. The Morgan fingerprint density at radius 1 is 1.00 bits per heavy atom. The summed E-state index contributed by atoms with van der Waals surface area (Å²) in [4.78, 5) is 12.6. The third-order valence-electron chi connectivity index (χ3n) is 6.85. The monoisotopic (exact) mass is 512 g/mol. The Morgan fingerprint density at radius 3 is 2.36 bits per heavy atom. The number of rotatable bonds is 6. The van der Waals surface area contributed by atoms with Crippen molar-refractivity contribution >= 4 is 12.0 Å². The largest absolute Gasteiger partial charge is 0.573 e. The van der Waals surface area contributed by atoms with Crippen molar-refractivity contribution in [1.29, 1.82) is 0 Å². The van der Waals surface area contributed by atoms with Gasteiger partial charge in [-0.25, -0.2) is 13.2 Å². The molecule has 2 aromatic rings. The van der Waals surface area contributed by atoms with E-state index in [-0.39, 0.29) is 41.4 Å². The molecule has 4 rings (SSSR count). The molecule has 0 radical (unpaired) electrons. The first-order chi connectivity index (χ1) is 17.1.